The van der Waals surface area contributed by atoms with Crippen LogP contribution in [0.4, 0.5) is 26.3 Å². The zero-order valence-electron chi connectivity index (χ0n) is 9.03. The Balaban J connectivity index is 0.000000218. The molecule has 0 aliphatic rings. The van der Waals surface area contributed by atoms with Gasteiger partial charge in [-0.25, -0.2) is 26.3 Å². The van der Waals surface area contributed by atoms with Gasteiger partial charge in [0.05, 0.1) is 0 Å². The minimum Gasteiger partial charge on any atom is -0.207 e. The molecule has 0 saturated heterocycles. The monoisotopic (exact) mass is 298 g/mol. The number of hydrogen-bond acceptors (Lipinski definition) is 0. The quantitative estimate of drug-likeness (QED) is 0.370. The molecule has 0 aromatic heterocycles. The third kappa shape index (κ3) is 3.64. The first-order valence-corrected chi connectivity index (χ1v) is 5.11. The fourth-order valence-electron chi connectivity index (χ4n) is 0.993. The van der Waals surface area contributed by atoms with Crippen LogP contribution in [0.1, 0.15) is 0 Å². The summed E-state index contributed by atoms with van der Waals surface area (Å²) in [6.45, 7) is 0. The zero-order chi connectivity index (χ0) is 14.6. The topological polar surface area (TPSA) is 0 Å². The maximum Gasteiger partial charge on any atom is 0.200 e. The number of hydrogen-bond donors (Lipinski definition) is 0. The van der Waals surface area contributed by atoms with Gasteiger partial charge in [-0.05, 0) is 12.1 Å². The Morgan fingerprint density at radius 1 is 0.579 bits per heavy atom. The SMILES string of the molecule is Fc1c(F)c(F)c(Cl)c(F)c1F.Fc1ccccc1. The highest BCUT2D eigenvalue weighted by atomic mass is 35.5. The Labute approximate surface area is 109 Å². The first kappa shape index (κ1) is 15.4. The van der Waals surface area contributed by atoms with E-state index in [4.69, 9.17) is 11.6 Å². The van der Waals surface area contributed by atoms with Crippen LogP contribution in [-0.4, -0.2) is 0 Å². The van der Waals surface area contributed by atoms with Gasteiger partial charge in [0.15, 0.2) is 23.3 Å². The molecule has 2 rings (SSSR count). The molecular formula is C12H5ClF6. The van der Waals surface area contributed by atoms with Gasteiger partial charge in [0, 0.05) is 0 Å². The molecule has 7 heteroatoms. The number of halogens is 7. The van der Waals surface area contributed by atoms with E-state index >= 15 is 0 Å². The second kappa shape index (κ2) is 6.47. The third-order valence-electron chi connectivity index (χ3n) is 1.89. The molecule has 2 aromatic carbocycles. The summed E-state index contributed by atoms with van der Waals surface area (Å²) in [5.74, 6) is -10.5. The van der Waals surface area contributed by atoms with Crippen molar-refractivity contribution >= 4 is 11.6 Å². The van der Waals surface area contributed by atoms with Crippen molar-refractivity contribution in [3.05, 3.63) is 70.3 Å². The van der Waals surface area contributed by atoms with E-state index in [0.717, 1.165) is 0 Å². The summed E-state index contributed by atoms with van der Waals surface area (Å²) in [4.78, 5) is 0. The smallest absolute Gasteiger partial charge is 0.200 e. The van der Waals surface area contributed by atoms with E-state index in [1.165, 1.54) is 12.1 Å². The maximum atomic E-state index is 12.3. The van der Waals surface area contributed by atoms with Crippen LogP contribution in [0.15, 0.2) is 30.3 Å². The Kier molecular flexibility index (Phi) is 5.23. The van der Waals surface area contributed by atoms with E-state index in [2.05, 4.69) is 0 Å². The molecule has 0 amide bonds. The average Bonchev–Trinajstić information content (AvgIpc) is 2.42. The van der Waals surface area contributed by atoms with Crippen molar-refractivity contribution < 1.29 is 26.3 Å². The molecule has 0 radical (unpaired) electrons. The summed E-state index contributed by atoms with van der Waals surface area (Å²) < 4.78 is 73.0. The molecule has 0 atom stereocenters. The van der Waals surface area contributed by atoms with Gasteiger partial charge in [-0.1, -0.05) is 29.8 Å². The van der Waals surface area contributed by atoms with Gasteiger partial charge in [0.25, 0.3) is 0 Å². The maximum absolute atomic E-state index is 12.3. The predicted molar refractivity (Wildman–Crippen MR) is 57.6 cm³/mol. The third-order valence-corrected chi connectivity index (χ3v) is 2.22. The molecular weight excluding hydrogens is 294 g/mol. The molecule has 0 bridgehead atoms. The molecule has 0 N–H and O–H groups in total. The molecule has 0 unspecified atom stereocenters. The summed E-state index contributed by atoms with van der Waals surface area (Å²) in [5, 5.41) is -1.40. The standard InChI is InChI=1S/C6ClF5.C6H5F/c7-1-2(8)4(10)6(12)5(11)3(1)9;7-6-4-2-1-3-5-6/h;1-5H. The fourth-order valence-corrected chi connectivity index (χ4v) is 1.16. The minimum absolute atomic E-state index is 0.178. The van der Waals surface area contributed by atoms with Crippen LogP contribution in [0.25, 0.3) is 0 Å². The summed E-state index contributed by atoms with van der Waals surface area (Å²) in [6, 6.07) is 7.94. The largest absolute Gasteiger partial charge is 0.207 e. The second-order valence-electron chi connectivity index (χ2n) is 3.18. The summed E-state index contributed by atoms with van der Waals surface area (Å²) in [6.07, 6.45) is 0. The molecule has 102 valence electrons. The molecule has 0 nitrogen and oxygen atoms in total. The van der Waals surface area contributed by atoms with E-state index in [-0.39, 0.29) is 5.82 Å². The van der Waals surface area contributed by atoms with E-state index in [1.807, 2.05) is 0 Å². The Morgan fingerprint density at radius 2 is 0.947 bits per heavy atom. The summed E-state index contributed by atoms with van der Waals surface area (Å²) in [7, 11) is 0. The zero-order valence-corrected chi connectivity index (χ0v) is 9.79. The Morgan fingerprint density at radius 3 is 1.26 bits per heavy atom. The first-order chi connectivity index (χ1) is 8.86. The Hall–Kier alpha value is -1.69. The second-order valence-corrected chi connectivity index (χ2v) is 3.56. The molecule has 0 saturated carbocycles. The first-order valence-electron chi connectivity index (χ1n) is 4.73. The van der Waals surface area contributed by atoms with Gasteiger partial charge in [-0.15, -0.1) is 0 Å². The van der Waals surface area contributed by atoms with Gasteiger partial charge in [-0.3, -0.25) is 0 Å². The molecule has 0 aliphatic heterocycles. The van der Waals surface area contributed by atoms with E-state index in [1.54, 1.807) is 18.2 Å². The van der Waals surface area contributed by atoms with Gasteiger partial charge in [0.1, 0.15) is 10.8 Å². The van der Waals surface area contributed by atoms with Crippen LogP contribution in [-0.2, 0) is 0 Å². The number of benzene rings is 2. The number of rotatable bonds is 0. The molecule has 0 spiro atoms. The van der Waals surface area contributed by atoms with Crippen molar-refractivity contribution in [2.45, 2.75) is 0 Å². The van der Waals surface area contributed by atoms with Crippen LogP contribution in [0, 0.1) is 34.9 Å². The van der Waals surface area contributed by atoms with Crippen LogP contribution >= 0.6 is 11.6 Å². The summed E-state index contributed by atoms with van der Waals surface area (Å²) in [5.41, 5.74) is 0. The predicted octanol–water partition coefficient (Wildman–Crippen LogP) is 4.86. The van der Waals surface area contributed by atoms with Crippen molar-refractivity contribution in [3.63, 3.8) is 0 Å². The van der Waals surface area contributed by atoms with Gasteiger partial charge < -0.3 is 0 Å². The fraction of sp³-hybridized carbons (Fsp3) is 0. The molecule has 0 heterocycles. The van der Waals surface area contributed by atoms with Crippen LogP contribution in [0.5, 0.6) is 0 Å². The van der Waals surface area contributed by atoms with Crippen LogP contribution in [0.2, 0.25) is 5.02 Å². The van der Waals surface area contributed by atoms with Crippen molar-refractivity contribution in [1.82, 2.24) is 0 Å². The van der Waals surface area contributed by atoms with E-state index in [0.29, 0.717) is 0 Å². The van der Waals surface area contributed by atoms with Crippen molar-refractivity contribution in [1.29, 1.82) is 0 Å². The van der Waals surface area contributed by atoms with Crippen molar-refractivity contribution in [2.24, 2.45) is 0 Å². The molecule has 0 fully saturated rings. The van der Waals surface area contributed by atoms with Crippen LogP contribution in [0.3, 0.4) is 0 Å². The van der Waals surface area contributed by atoms with Gasteiger partial charge >= 0.3 is 0 Å². The average molecular weight is 299 g/mol. The lowest BCUT2D eigenvalue weighted by Gasteiger charge is -2.00. The minimum atomic E-state index is -2.21. The molecule has 2 aromatic rings. The molecule has 19 heavy (non-hydrogen) atoms. The lowest BCUT2D eigenvalue weighted by molar-refractivity contribution is 0.379. The molecule has 0 aliphatic carbocycles. The van der Waals surface area contributed by atoms with E-state index in [9.17, 15) is 26.3 Å². The van der Waals surface area contributed by atoms with Gasteiger partial charge in [-0.2, -0.15) is 0 Å². The van der Waals surface area contributed by atoms with E-state index < -0.39 is 34.1 Å². The lowest BCUT2D eigenvalue weighted by atomic mass is 10.3. The normalized spacial score (nSPS) is 9.84. The highest BCUT2D eigenvalue weighted by molar-refractivity contribution is 6.30. The van der Waals surface area contributed by atoms with Gasteiger partial charge in [0.2, 0.25) is 5.82 Å². The van der Waals surface area contributed by atoms with Crippen LogP contribution < -0.4 is 0 Å². The lowest BCUT2D eigenvalue weighted by Crippen LogP contribution is -2.00. The Bertz CT molecular complexity index is 465. The summed E-state index contributed by atoms with van der Waals surface area (Å²) >= 11 is 4.76. The van der Waals surface area contributed by atoms with Crippen molar-refractivity contribution in [2.75, 3.05) is 0 Å². The highest BCUT2D eigenvalue weighted by Crippen LogP contribution is 2.26. The van der Waals surface area contributed by atoms with Crippen molar-refractivity contribution in [3.8, 4) is 0 Å². The highest BCUT2D eigenvalue weighted by Gasteiger charge is 2.24.